The maximum Gasteiger partial charge on any atom is 0.313 e. The fourth-order valence-corrected chi connectivity index (χ4v) is 4.81. The molecule has 31 heavy (non-hydrogen) atoms. The Balaban J connectivity index is 1.42. The van der Waals surface area contributed by atoms with Crippen molar-refractivity contribution in [2.45, 2.75) is 32.4 Å². The fraction of sp³-hybridized carbons (Fsp3) is 0.280. The Morgan fingerprint density at radius 2 is 1.81 bits per heavy atom. The van der Waals surface area contributed by atoms with Crippen LogP contribution in [0.2, 0.25) is 0 Å². The number of rotatable bonds is 6. The van der Waals surface area contributed by atoms with Gasteiger partial charge in [-0.1, -0.05) is 49.4 Å². The van der Waals surface area contributed by atoms with Crippen molar-refractivity contribution in [3.63, 3.8) is 0 Å². The van der Waals surface area contributed by atoms with Gasteiger partial charge in [-0.05, 0) is 58.0 Å². The number of thiophene rings is 1. The Morgan fingerprint density at radius 3 is 2.58 bits per heavy atom. The van der Waals surface area contributed by atoms with Gasteiger partial charge >= 0.3 is 11.8 Å². The summed E-state index contributed by atoms with van der Waals surface area (Å²) < 4.78 is 0. The van der Waals surface area contributed by atoms with Crippen LogP contribution in [0.25, 0.3) is 0 Å². The lowest BCUT2D eigenvalue weighted by Gasteiger charge is -2.35. The highest BCUT2D eigenvalue weighted by Gasteiger charge is 2.26. The van der Waals surface area contributed by atoms with Crippen molar-refractivity contribution >= 4 is 28.8 Å². The van der Waals surface area contributed by atoms with E-state index in [1.807, 2.05) is 31.2 Å². The summed E-state index contributed by atoms with van der Waals surface area (Å²) in [5.74, 6) is -1.24. The zero-order chi connectivity index (χ0) is 21.6. The second-order valence-electron chi connectivity index (χ2n) is 7.74. The summed E-state index contributed by atoms with van der Waals surface area (Å²) in [5, 5.41) is 9.78. The minimum Gasteiger partial charge on any atom is -0.346 e. The third-order valence-electron chi connectivity index (χ3n) is 5.84. The average Bonchev–Trinajstić information content (AvgIpc) is 3.34. The molecule has 0 bridgehead atoms. The first-order valence-electron chi connectivity index (χ1n) is 10.7. The van der Waals surface area contributed by atoms with Gasteiger partial charge in [-0.2, -0.15) is 11.3 Å². The molecule has 0 saturated carbocycles. The maximum atomic E-state index is 12.6. The van der Waals surface area contributed by atoms with Gasteiger partial charge < -0.3 is 10.6 Å². The van der Waals surface area contributed by atoms with Crippen LogP contribution in [0.3, 0.4) is 0 Å². The van der Waals surface area contributed by atoms with E-state index in [-0.39, 0.29) is 6.04 Å². The molecule has 5 nitrogen and oxygen atoms in total. The molecule has 0 fully saturated rings. The molecular weight excluding hydrogens is 406 g/mol. The van der Waals surface area contributed by atoms with E-state index in [1.54, 1.807) is 11.3 Å². The van der Waals surface area contributed by atoms with Crippen LogP contribution in [0.15, 0.2) is 65.4 Å². The Labute approximate surface area is 187 Å². The second kappa shape index (κ2) is 9.90. The first kappa shape index (κ1) is 21.3. The van der Waals surface area contributed by atoms with Gasteiger partial charge in [0, 0.05) is 25.3 Å². The zero-order valence-corrected chi connectivity index (χ0v) is 18.5. The standard InChI is InChI=1S/C25H27N3O2S/c1-2-18-7-5-6-10-22(18)27-25(30)24(29)26-15-23(21-12-14-31-17-21)28-13-11-19-8-3-4-9-20(19)16-28/h3-10,12,14,17,23H,2,11,13,15-16H2,1H3,(H,26,29)(H,27,30). The fourth-order valence-electron chi connectivity index (χ4n) is 4.11. The minimum absolute atomic E-state index is 0.0271. The molecule has 1 unspecified atom stereocenters. The number of nitrogens with one attached hydrogen (secondary N) is 2. The van der Waals surface area contributed by atoms with E-state index in [4.69, 9.17) is 0 Å². The number of hydrogen-bond donors (Lipinski definition) is 2. The molecule has 0 radical (unpaired) electrons. The Hall–Kier alpha value is -2.96. The number of fused-ring (bicyclic) bond motifs is 1. The van der Waals surface area contributed by atoms with Crippen LogP contribution in [-0.4, -0.2) is 29.8 Å². The van der Waals surface area contributed by atoms with Crippen molar-refractivity contribution < 1.29 is 9.59 Å². The number of para-hydroxylation sites is 1. The van der Waals surface area contributed by atoms with Crippen molar-refractivity contribution in [1.29, 1.82) is 0 Å². The predicted octanol–water partition coefficient (Wildman–Crippen LogP) is 4.16. The van der Waals surface area contributed by atoms with Gasteiger partial charge in [-0.25, -0.2) is 0 Å². The summed E-state index contributed by atoms with van der Waals surface area (Å²) in [6.07, 6.45) is 1.77. The molecule has 6 heteroatoms. The summed E-state index contributed by atoms with van der Waals surface area (Å²) in [4.78, 5) is 27.4. The number of nitrogens with zero attached hydrogens (tertiary/aromatic N) is 1. The van der Waals surface area contributed by atoms with Crippen molar-refractivity contribution in [2.75, 3.05) is 18.4 Å². The quantitative estimate of drug-likeness (QED) is 0.574. The average molecular weight is 434 g/mol. The molecule has 1 aliphatic rings. The third-order valence-corrected chi connectivity index (χ3v) is 6.54. The summed E-state index contributed by atoms with van der Waals surface area (Å²) in [6, 6.07) is 18.2. The van der Waals surface area contributed by atoms with Gasteiger partial charge in [-0.3, -0.25) is 14.5 Å². The molecular formula is C25H27N3O2S. The van der Waals surface area contributed by atoms with Crippen LogP contribution in [0.5, 0.6) is 0 Å². The zero-order valence-electron chi connectivity index (χ0n) is 17.6. The monoisotopic (exact) mass is 433 g/mol. The first-order chi connectivity index (χ1) is 15.2. The maximum absolute atomic E-state index is 12.6. The number of benzene rings is 2. The van der Waals surface area contributed by atoms with E-state index in [9.17, 15) is 9.59 Å². The van der Waals surface area contributed by atoms with Gasteiger partial charge in [0.05, 0.1) is 6.04 Å². The van der Waals surface area contributed by atoms with E-state index in [0.717, 1.165) is 31.5 Å². The van der Waals surface area contributed by atoms with Crippen LogP contribution in [0.1, 0.15) is 35.2 Å². The summed E-state index contributed by atoms with van der Waals surface area (Å²) in [7, 11) is 0. The van der Waals surface area contributed by atoms with E-state index < -0.39 is 11.8 Å². The molecule has 2 aromatic carbocycles. The number of hydrogen-bond acceptors (Lipinski definition) is 4. The lowest BCUT2D eigenvalue weighted by molar-refractivity contribution is -0.136. The highest BCUT2D eigenvalue weighted by molar-refractivity contribution is 7.08. The molecule has 160 valence electrons. The van der Waals surface area contributed by atoms with Gasteiger partial charge in [-0.15, -0.1) is 0 Å². The molecule has 2 N–H and O–H groups in total. The van der Waals surface area contributed by atoms with E-state index >= 15 is 0 Å². The SMILES string of the molecule is CCc1ccccc1NC(=O)C(=O)NCC(c1ccsc1)N1CCc2ccccc2C1. The van der Waals surface area contributed by atoms with Crippen LogP contribution in [0, 0.1) is 0 Å². The third kappa shape index (κ3) is 5.03. The van der Waals surface area contributed by atoms with Gasteiger partial charge in [0.1, 0.15) is 0 Å². The normalized spacial score (nSPS) is 14.5. The number of amides is 2. The van der Waals surface area contributed by atoms with Crippen LogP contribution < -0.4 is 10.6 Å². The lowest BCUT2D eigenvalue weighted by Crippen LogP contribution is -2.43. The summed E-state index contributed by atoms with van der Waals surface area (Å²) in [5.41, 5.74) is 5.58. The molecule has 0 aliphatic carbocycles. The minimum atomic E-state index is -0.631. The first-order valence-corrected chi connectivity index (χ1v) is 11.6. The summed E-state index contributed by atoms with van der Waals surface area (Å²) >= 11 is 1.65. The highest BCUT2D eigenvalue weighted by Crippen LogP contribution is 2.28. The Morgan fingerprint density at radius 1 is 1.03 bits per heavy atom. The van der Waals surface area contributed by atoms with Crippen molar-refractivity contribution in [1.82, 2.24) is 10.2 Å². The smallest absolute Gasteiger partial charge is 0.313 e. The lowest BCUT2D eigenvalue weighted by atomic mass is 9.97. The van der Waals surface area contributed by atoms with Crippen LogP contribution in [0.4, 0.5) is 5.69 Å². The van der Waals surface area contributed by atoms with E-state index in [0.29, 0.717) is 12.2 Å². The van der Waals surface area contributed by atoms with E-state index in [2.05, 4.69) is 56.6 Å². The number of carbonyl (C=O) groups is 2. The molecule has 2 amide bonds. The Bertz CT molecular complexity index is 1050. The number of aryl methyl sites for hydroxylation is 1. The molecule has 4 rings (SSSR count). The van der Waals surface area contributed by atoms with E-state index in [1.165, 1.54) is 16.7 Å². The number of anilines is 1. The molecule has 1 atom stereocenters. The molecule has 0 spiro atoms. The van der Waals surface area contributed by atoms with Gasteiger partial charge in [0.15, 0.2) is 0 Å². The summed E-state index contributed by atoms with van der Waals surface area (Å²) in [6.45, 7) is 4.17. The molecule has 2 heterocycles. The van der Waals surface area contributed by atoms with Crippen molar-refractivity contribution in [2.24, 2.45) is 0 Å². The van der Waals surface area contributed by atoms with Crippen molar-refractivity contribution in [3.05, 3.63) is 87.6 Å². The highest BCUT2D eigenvalue weighted by atomic mass is 32.1. The number of carbonyl (C=O) groups excluding carboxylic acids is 2. The molecule has 1 aromatic heterocycles. The van der Waals surface area contributed by atoms with Gasteiger partial charge in [0.2, 0.25) is 0 Å². The molecule has 0 saturated heterocycles. The molecule has 3 aromatic rings. The largest absolute Gasteiger partial charge is 0.346 e. The van der Waals surface area contributed by atoms with Crippen LogP contribution in [-0.2, 0) is 29.0 Å². The molecule has 1 aliphatic heterocycles. The van der Waals surface area contributed by atoms with Crippen LogP contribution >= 0.6 is 11.3 Å². The Kier molecular flexibility index (Phi) is 6.79. The predicted molar refractivity (Wildman–Crippen MR) is 125 cm³/mol. The topological polar surface area (TPSA) is 61.4 Å². The van der Waals surface area contributed by atoms with Crippen molar-refractivity contribution in [3.8, 4) is 0 Å². The van der Waals surface area contributed by atoms with Gasteiger partial charge in [0.25, 0.3) is 0 Å². The second-order valence-corrected chi connectivity index (χ2v) is 8.52.